The Bertz CT molecular complexity index is 1640. The van der Waals surface area contributed by atoms with Crippen molar-refractivity contribution in [2.45, 2.75) is 56.6 Å². The van der Waals surface area contributed by atoms with E-state index in [2.05, 4.69) is 19.9 Å². The molecular formula is C20H23N7O11P2S-2. The maximum absolute atomic E-state index is 13.1. The van der Waals surface area contributed by atoms with Crippen LogP contribution in [-0.2, 0) is 32.2 Å². The first-order chi connectivity index (χ1) is 19.4. The highest BCUT2D eigenvalue weighted by Crippen LogP contribution is 2.60. The molecule has 3 fully saturated rings. The molecule has 222 valence electrons. The van der Waals surface area contributed by atoms with Crippen molar-refractivity contribution >= 4 is 43.0 Å². The molecule has 21 heteroatoms. The molecular weight excluding hydrogens is 608 g/mol. The molecule has 0 amide bonds. The highest BCUT2D eigenvalue weighted by atomic mass is 32.7. The van der Waals surface area contributed by atoms with Gasteiger partial charge in [0.2, 0.25) is 0 Å². The normalized spacial score (nSPS) is 36.4. The number of nitrogens with two attached hydrogens (primary N) is 1. The number of phosphoric acid groups is 1. The second-order valence-corrected chi connectivity index (χ2v) is 14.8. The number of hydrogen-bond acceptors (Lipinski definition) is 16. The average Bonchev–Trinajstić information content (AvgIpc) is 3.60. The summed E-state index contributed by atoms with van der Waals surface area (Å²) in [5.74, 6) is -0.743. The van der Waals surface area contributed by atoms with E-state index in [0.29, 0.717) is 22.5 Å². The summed E-state index contributed by atoms with van der Waals surface area (Å²) in [6, 6.07) is 0. The molecule has 3 saturated heterocycles. The minimum Gasteiger partial charge on any atom is -0.858 e. The molecule has 0 aromatic carbocycles. The number of imidazole rings is 1. The number of ether oxygens (including phenoxy) is 2. The molecule has 0 bridgehead atoms. The zero-order valence-corrected chi connectivity index (χ0v) is 23.7. The molecule has 18 nitrogen and oxygen atoms in total. The van der Waals surface area contributed by atoms with Gasteiger partial charge in [-0.3, -0.25) is 18.2 Å². The fourth-order valence-corrected chi connectivity index (χ4v) is 8.55. The standard InChI is InChI=1S/C20H25N7O11P2S/c1-9-4-26(20(29)25-19(9)28)14-2-10-12(35-14)5-34-39(30,31)37-11-3-15(36-13(11)6-41-40(32,33)38-10)27-8-24-16-17(21)22-7-23-18(16)27/h4,7-8,10-15H,2-3,5-6H2,1H3,(H,30,31)(H,32,33)(H2,21,22,23)(H,25,28,29)/p-2/t10-,11-,12+,13+,14+,15+/m0/s1. The first-order valence-electron chi connectivity index (χ1n) is 12.2. The van der Waals surface area contributed by atoms with E-state index in [0.717, 1.165) is 4.57 Å². The van der Waals surface area contributed by atoms with Crippen LogP contribution in [0.25, 0.3) is 11.2 Å². The lowest BCUT2D eigenvalue weighted by Crippen LogP contribution is -2.32. The monoisotopic (exact) mass is 631 g/mol. The molecule has 3 aromatic rings. The minimum absolute atomic E-state index is 0.00236. The Morgan fingerprint density at radius 1 is 1.07 bits per heavy atom. The fourth-order valence-electron chi connectivity index (χ4n) is 4.83. The van der Waals surface area contributed by atoms with E-state index in [1.54, 1.807) is 0 Å². The number of aromatic nitrogens is 6. The molecule has 6 rings (SSSR count). The van der Waals surface area contributed by atoms with E-state index < -0.39 is 69.7 Å². The van der Waals surface area contributed by atoms with E-state index in [1.807, 2.05) is 0 Å². The molecule has 0 saturated carbocycles. The number of aryl methyl sites for hydroxylation is 1. The Morgan fingerprint density at radius 3 is 2.56 bits per heavy atom. The van der Waals surface area contributed by atoms with Crippen LogP contribution in [0, 0.1) is 6.92 Å². The molecule has 3 aromatic heterocycles. The number of phosphoric ester groups is 1. The van der Waals surface area contributed by atoms with Crippen molar-refractivity contribution in [1.82, 2.24) is 29.1 Å². The Kier molecular flexibility index (Phi) is 7.47. The molecule has 2 unspecified atom stereocenters. The third kappa shape index (κ3) is 5.79. The molecule has 41 heavy (non-hydrogen) atoms. The largest absolute Gasteiger partial charge is 0.858 e. The van der Waals surface area contributed by atoms with E-state index in [9.17, 15) is 28.8 Å². The number of hydrogen-bond donors (Lipinski definition) is 2. The van der Waals surface area contributed by atoms with Gasteiger partial charge in [-0.05, 0) is 29.7 Å². The van der Waals surface area contributed by atoms with Gasteiger partial charge in [0, 0.05) is 24.8 Å². The SMILES string of the molecule is Cc1cn([C@H]2C[C@@H]3OP(=O)(O)SC[C@H]4O[C@@H](n5cnc6c(N)ncnc65)C[C@@H]4OP(=O)([O-])OC[C@H]3O2)c(=O)nc1[O-]. The number of nitrogen functional groups attached to an aromatic ring is 1. The summed E-state index contributed by atoms with van der Waals surface area (Å²) in [6.45, 7) is -3.56. The number of fused-ring (bicyclic) bond motifs is 3. The van der Waals surface area contributed by atoms with Crippen LogP contribution in [0.15, 0.2) is 23.6 Å². The smallest absolute Gasteiger partial charge is 0.387 e. The maximum atomic E-state index is 13.1. The van der Waals surface area contributed by atoms with E-state index in [4.69, 9.17) is 28.8 Å². The van der Waals surface area contributed by atoms with Crippen molar-refractivity contribution in [2.75, 3.05) is 18.1 Å². The minimum atomic E-state index is -4.96. The van der Waals surface area contributed by atoms with E-state index in [1.165, 1.54) is 30.3 Å². The van der Waals surface area contributed by atoms with Gasteiger partial charge in [0.15, 0.2) is 11.5 Å². The van der Waals surface area contributed by atoms with Crippen LogP contribution in [0.1, 0.15) is 30.9 Å². The number of anilines is 1. The lowest BCUT2D eigenvalue weighted by Gasteiger charge is -2.31. The van der Waals surface area contributed by atoms with Gasteiger partial charge >= 0.3 is 12.5 Å². The average molecular weight is 631 g/mol. The first kappa shape index (κ1) is 28.7. The van der Waals surface area contributed by atoms with Crippen molar-refractivity contribution in [3.8, 4) is 5.88 Å². The highest BCUT2D eigenvalue weighted by Gasteiger charge is 2.46. The Hall–Kier alpha value is -2.44. The van der Waals surface area contributed by atoms with Gasteiger partial charge in [-0.15, -0.1) is 0 Å². The van der Waals surface area contributed by atoms with Crippen LogP contribution >= 0.6 is 26.0 Å². The molecule has 0 aliphatic carbocycles. The van der Waals surface area contributed by atoms with Crippen LogP contribution in [-0.4, -0.2) is 70.7 Å². The second kappa shape index (κ2) is 10.7. The Labute approximate surface area is 234 Å². The summed E-state index contributed by atoms with van der Waals surface area (Å²) >= 11 is 0.532. The topological polar surface area (TPSA) is 251 Å². The lowest BCUT2D eigenvalue weighted by atomic mass is 10.2. The van der Waals surface area contributed by atoms with Crippen LogP contribution in [0.5, 0.6) is 5.88 Å². The maximum Gasteiger partial charge on any atom is 0.387 e. The number of rotatable bonds is 2. The molecule has 8 atom stereocenters. The Balaban J connectivity index is 1.23. The summed E-state index contributed by atoms with van der Waals surface area (Å²) in [5.41, 5.74) is 5.79. The highest BCUT2D eigenvalue weighted by molar-refractivity contribution is 8.54. The predicted molar refractivity (Wildman–Crippen MR) is 135 cm³/mol. The van der Waals surface area contributed by atoms with Crippen molar-refractivity contribution in [1.29, 1.82) is 0 Å². The summed E-state index contributed by atoms with van der Waals surface area (Å²) < 4.78 is 56.2. The van der Waals surface area contributed by atoms with Crippen LogP contribution < -0.4 is 21.4 Å². The lowest BCUT2D eigenvalue weighted by molar-refractivity contribution is -0.276. The van der Waals surface area contributed by atoms with Gasteiger partial charge in [-0.2, -0.15) is 0 Å². The van der Waals surface area contributed by atoms with E-state index >= 15 is 0 Å². The van der Waals surface area contributed by atoms with Gasteiger partial charge in [0.05, 0.1) is 25.1 Å². The van der Waals surface area contributed by atoms with Crippen molar-refractivity contribution < 1.29 is 47.1 Å². The quantitative estimate of drug-likeness (QED) is 0.345. The van der Waals surface area contributed by atoms with Crippen molar-refractivity contribution in [2.24, 2.45) is 0 Å². The first-order valence-corrected chi connectivity index (χ1v) is 16.8. The summed E-state index contributed by atoms with van der Waals surface area (Å²) in [7, 11) is -4.96. The van der Waals surface area contributed by atoms with Crippen molar-refractivity contribution in [3.63, 3.8) is 0 Å². The van der Waals surface area contributed by atoms with Gasteiger partial charge in [0.1, 0.15) is 36.5 Å². The third-order valence-electron chi connectivity index (χ3n) is 6.79. The van der Waals surface area contributed by atoms with E-state index in [-0.39, 0.29) is 30.0 Å². The van der Waals surface area contributed by atoms with Crippen LogP contribution in [0.3, 0.4) is 0 Å². The molecule has 6 heterocycles. The molecule has 3 aliphatic rings. The summed E-state index contributed by atoms with van der Waals surface area (Å²) in [4.78, 5) is 51.5. The van der Waals surface area contributed by atoms with Gasteiger partial charge in [-0.1, -0.05) is 0 Å². The van der Waals surface area contributed by atoms with Crippen LogP contribution in [0.4, 0.5) is 5.82 Å². The van der Waals surface area contributed by atoms with Gasteiger partial charge < -0.3 is 39.1 Å². The predicted octanol–water partition coefficient (Wildman–Crippen LogP) is -0.275. The summed E-state index contributed by atoms with van der Waals surface area (Å²) in [5, 5.41) is 11.7. The molecule has 3 N–H and O–H groups in total. The molecule has 0 spiro atoms. The molecule has 3 aliphatic heterocycles. The summed E-state index contributed by atoms with van der Waals surface area (Å²) in [6.07, 6.45) is -2.51. The van der Waals surface area contributed by atoms with Gasteiger partial charge in [-0.25, -0.2) is 29.3 Å². The zero-order valence-electron chi connectivity index (χ0n) is 21.1. The number of nitrogens with zero attached hydrogens (tertiary/aromatic N) is 6. The van der Waals surface area contributed by atoms with Crippen LogP contribution in [0.2, 0.25) is 0 Å². The fraction of sp³-hybridized carbons (Fsp3) is 0.550. The van der Waals surface area contributed by atoms with Gasteiger partial charge in [0.25, 0.3) is 7.82 Å². The second-order valence-electron chi connectivity index (χ2n) is 9.53. The zero-order chi connectivity index (χ0) is 29.1. The van der Waals surface area contributed by atoms with Crippen molar-refractivity contribution in [3.05, 3.63) is 34.9 Å². The molecule has 0 radical (unpaired) electrons. The third-order valence-corrected chi connectivity index (χ3v) is 10.8. The Morgan fingerprint density at radius 2 is 1.78 bits per heavy atom.